The number of aliphatic carboxylic acids is 1. The molecule has 1 aromatic carbocycles. The molecular weight excluding hydrogens is 234 g/mol. The number of hydrogen-bond acceptors (Lipinski definition) is 3. The van der Waals surface area contributed by atoms with E-state index in [2.05, 4.69) is 5.32 Å². The fourth-order valence-corrected chi connectivity index (χ4v) is 2.17. The normalized spacial score (nSPS) is 17.8. The lowest BCUT2D eigenvalue weighted by Gasteiger charge is -2.25. The standard InChI is InChI=1S/C13H15NO4/c1-18-10-4-2-3-8-7-9(5-6-11(15)16)13(17)14-12(8)10/h2-4,9H,5-7H2,1H3,(H,14,17)(H,15,16). The maximum atomic E-state index is 11.9. The van der Waals surface area contributed by atoms with E-state index in [-0.39, 0.29) is 18.2 Å². The summed E-state index contributed by atoms with van der Waals surface area (Å²) in [6.45, 7) is 0. The second kappa shape index (κ2) is 5.08. The van der Waals surface area contributed by atoms with Crippen molar-refractivity contribution in [2.75, 3.05) is 12.4 Å². The molecule has 0 spiro atoms. The highest BCUT2D eigenvalue weighted by Crippen LogP contribution is 2.34. The van der Waals surface area contributed by atoms with E-state index in [1.807, 2.05) is 12.1 Å². The van der Waals surface area contributed by atoms with Crippen molar-refractivity contribution in [3.05, 3.63) is 23.8 Å². The van der Waals surface area contributed by atoms with Crippen LogP contribution < -0.4 is 10.1 Å². The van der Waals surface area contributed by atoms with E-state index in [0.717, 1.165) is 5.56 Å². The van der Waals surface area contributed by atoms with Gasteiger partial charge < -0.3 is 15.2 Å². The second-order valence-electron chi connectivity index (χ2n) is 4.32. The Kier molecular flexibility index (Phi) is 3.50. The number of carboxylic acid groups (broad SMARTS) is 1. The third-order valence-corrected chi connectivity index (χ3v) is 3.12. The van der Waals surface area contributed by atoms with Crippen LogP contribution in [-0.2, 0) is 16.0 Å². The molecule has 0 fully saturated rings. The van der Waals surface area contributed by atoms with Crippen molar-refractivity contribution in [1.29, 1.82) is 0 Å². The Balaban J connectivity index is 2.18. The van der Waals surface area contributed by atoms with Gasteiger partial charge in [-0.15, -0.1) is 0 Å². The summed E-state index contributed by atoms with van der Waals surface area (Å²) in [6, 6.07) is 5.57. The molecule has 1 heterocycles. The van der Waals surface area contributed by atoms with Crippen LogP contribution >= 0.6 is 0 Å². The van der Waals surface area contributed by atoms with Gasteiger partial charge in [-0.1, -0.05) is 12.1 Å². The maximum Gasteiger partial charge on any atom is 0.303 e. The molecule has 5 heteroatoms. The van der Waals surface area contributed by atoms with Gasteiger partial charge in [-0.2, -0.15) is 0 Å². The highest BCUT2D eigenvalue weighted by atomic mass is 16.5. The molecule has 0 bridgehead atoms. The first-order chi connectivity index (χ1) is 8.61. The van der Waals surface area contributed by atoms with Crippen LogP contribution in [0.5, 0.6) is 5.75 Å². The number of carbonyl (C=O) groups excluding carboxylic acids is 1. The summed E-state index contributed by atoms with van der Waals surface area (Å²) in [5.41, 5.74) is 1.70. The molecular formula is C13H15NO4. The fraction of sp³-hybridized carbons (Fsp3) is 0.385. The van der Waals surface area contributed by atoms with Gasteiger partial charge in [-0.25, -0.2) is 0 Å². The zero-order chi connectivity index (χ0) is 13.1. The predicted molar refractivity (Wildman–Crippen MR) is 65.7 cm³/mol. The van der Waals surface area contributed by atoms with Crippen LogP contribution in [0.1, 0.15) is 18.4 Å². The van der Waals surface area contributed by atoms with E-state index in [9.17, 15) is 9.59 Å². The number of nitrogens with one attached hydrogen (secondary N) is 1. The van der Waals surface area contributed by atoms with Gasteiger partial charge in [0.25, 0.3) is 0 Å². The van der Waals surface area contributed by atoms with Crippen LogP contribution in [0.3, 0.4) is 0 Å². The first kappa shape index (κ1) is 12.4. The first-order valence-corrected chi connectivity index (χ1v) is 5.80. The Morgan fingerprint density at radius 1 is 1.56 bits per heavy atom. The number of carboxylic acids is 1. The molecule has 1 amide bonds. The number of benzene rings is 1. The van der Waals surface area contributed by atoms with Gasteiger partial charge in [0.15, 0.2) is 0 Å². The molecule has 96 valence electrons. The molecule has 1 aliphatic rings. The second-order valence-corrected chi connectivity index (χ2v) is 4.32. The van der Waals surface area contributed by atoms with Gasteiger partial charge in [0, 0.05) is 12.3 Å². The number of amides is 1. The molecule has 0 aromatic heterocycles. The minimum absolute atomic E-state index is 0.0113. The Bertz CT molecular complexity index is 484. The molecule has 1 atom stereocenters. The summed E-state index contributed by atoms with van der Waals surface area (Å²) in [7, 11) is 1.55. The number of ether oxygens (including phenoxy) is 1. The Morgan fingerprint density at radius 2 is 2.33 bits per heavy atom. The molecule has 18 heavy (non-hydrogen) atoms. The van der Waals surface area contributed by atoms with Gasteiger partial charge >= 0.3 is 5.97 Å². The third kappa shape index (κ3) is 2.45. The highest BCUT2D eigenvalue weighted by Gasteiger charge is 2.28. The van der Waals surface area contributed by atoms with Crippen molar-refractivity contribution in [3.8, 4) is 5.75 Å². The van der Waals surface area contributed by atoms with Crippen molar-refractivity contribution in [3.63, 3.8) is 0 Å². The van der Waals surface area contributed by atoms with E-state index in [1.165, 1.54) is 0 Å². The van der Waals surface area contributed by atoms with E-state index >= 15 is 0 Å². The zero-order valence-electron chi connectivity index (χ0n) is 10.1. The molecule has 2 N–H and O–H groups in total. The average Bonchev–Trinajstić information content (AvgIpc) is 2.35. The van der Waals surface area contributed by atoms with Crippen molar-refractivity contribution in [2.24, 2.45) is 5.92 Å². The number of fused-ring (bicyclic) bond motifs is 1. The summed E-state index contributed by atoms with van der Waals surface area (Å²) in [4.78, 5) is 22.4. The van der Waals surface area contributed by atoms with Crippen LogP contribution in [0.25, 0.3) is 0 Å². The lowest BCUT2D eigenvalue weighted by Crippen LogP contribution is -2.30. The van der Waals surface area contributed by atoms with Gasteiger partial charge in [-0.3, -0.25) is 9.59 Å². The van der Waals surface area contributed by atoms with Crippen LogP contribution in [0.2, 0.25) is 0 Å². The molecule has 1 aliphatic heterocycles. The molecule has 0 radical (unpaired) electrons. The smallest absolute Gasteiger partial charge is 0.303 e. The predicted octanol–water partition coefficient (Wildman–Crippen LogP) is 1.67. The van der Waals surface area contributed by atoms with E-state index < -0.39 is 5.97 Å². The van der Waals surface area contributed by atoms with E-state index in [0.29, 0.717) is 24.3 Å². The maximum absolute atomic E-state index is 11.9. The van der Waals surface area contributed by atoms with E-state index in [1.54, 1.807) is 13.2 Å². The topological polar surface area (TPSA) is 75.6 Å². The monoisotopic (exact) mass is 249 g/mol. The largest absolute Gasteiger partial charge is 0.495 e. The number of anilines is 1. The highest BCUT2D eigenvalue weighted by molar-refractivity contribution is 5.97. The Labute approximate surface area is 105 Å². The minimum Gasteiger partial charge on any atom is -0.495 e. The number of rotatable bonds is 4. The van der Waals surface area contributed by atoms with Crippen molar-refractivity contribution >= 4 is 17.6 Å². The van der Waals surface area contributed by atoms with Gasteiger partial charge in [0.1, 0.15) is 5.75 Å². The SMILES string of the molecule is COc1cccc2c1NC(=O)C(CCC(=O)O)C2. The first-order valence-electron chi connectivity index (χ1n) is 5.80. The molecule has 5 nitrogen and oxygen atoms in total. The van der Waals surface area contributed by atoms with Crippen molar-refractivity contribution in [1.82, 2.24) is 0 Å². The van der Waals surface area contributed by atoms with E-state index in [4.69, 9.17) is 9.84 Å². The average molecular weight is 249 g/mol. The molecule has 0 aliphatic carbocycles. The number of para-hydroxylation sites is 1. The quantitative estimate of drug-likeness (QED) is 0.851. The third-order valence-electron chi connectivity index (χ3n) is 3.12. The van der Waals surface area contributed by atoms with Crippen LogP contribution in [0.15, 0.2) is 18.2 Å². The van der Waals surface area contributed by atoms with Crippen molar-refractivity contribution in [2.45, 2.75) is 19.3 Å². The molecule has 2 rings (SSSR count). The molecule has 0 saturated heterocycles. The number of carbonyl (C=O) groups is 2. The summed E-state index contributed by atoms with van der Waals surface area (Å²) < 4.78 is 5.19. The summed E-state index contributed by atoms with van der Waals surface area (Å²) in [5.74, 6) is -0.647. The summed E-state index contributed by atoms with van der Waals surface area (Å²) >= 11 is 0. The minimum atomic E-state index is -0.876. The molecule has 0 saturated carbocycles. The Hall–Kier alpha value is -2.04. The lowest BCUT2D eigenvalue weighted by molar-refractivity contribution is -0.137. The van der Waals surface area contributed by atoms with Gasteiger partial charge in [0.05, 0.1) is 12.8 Å². The van der Waals surface area contributed by atoms with Gasteiger partial charge in [0.2, 0.25) is 5.91 Å². The number of methoxy groups -OCH3 is 1. The number of hydrogen-bond donors (Lipinski definition) is 2. The lowest BCUT2D eigenvalue weighted by atomic mass is 9.89. The fourth-order valence-electron chi connectivity index (χ4n) is 2.17. The van der Waals surface area contributed by atoms with Crippen molar-refractivity contribution < 1.29 is 19.4 Å². The van der Waals surface area contributed by atoms with Crippen LogP contribution in [-0.4, -0.2) is 24.1 Å². The Morgan fingerprint density at radius 3 is 3.00 bits per heavy atom. The molecule has 1 aromatic rings. The zero-order valence-corrected chi connectivity index (χ0v) is 10.1. The van der Waals surface area contributed by atoms with Crippen LogP contribution in [0.4, 0.5) is 5.69 Å². The summed E-state index contributed by atoms with van der Waals surface area (Å²) in [6.07, 6.45) is 0.931. The summed E-state index contributed by atoms with van der Waals surface area (Å²) in [5, 5.41) is 11.5. The molecule has 1 unspecified atom stereocenters. The van der Waals surface area contributed by atoms with Gasteiger partial charge in [-0.05, 0) is 24.5 Å². The van der Waals surface area contributed by atoms with Crippen LogP contribution in [0, 0.1) is 5.92 Å².